The molecule has 0 aliphatic heterocycles. The lowest BCUT2D eigenvalue weighted by atomic mass is 9.77. The third kappa shape index (κ3) is 4.68. The van der Waals surface area contributed by atoms with E-state index >= 15 is 0 Å². The quantitative estimate of drug-likeness (QED) is 0.196. The first-order chi connectivity index (χ1) is 18.6. The lowest BCUT2D eigenvalue weighted by molar-refractivity contribution is 0.105. The Hall–Kier alpha value is -4.41. The molecule has 9 nitrogen and oxygen atoms in total. The summed E-state index contributed by atoms with van der Waals surface area (Å²) in [6, 6.07) is 16.0. The van der Waals surface area contributed by atoms with E-state index in [1.54, 1.807) is 38.3 Å². The minimum absolute atomic E-state index is 0.0677. The highest BCUT2D eigenvalue weighted by atomic mass is 32.2. The minimum atomic E-state index is -4.34. The number of Topliss-reactive ketones (excluding diaryl/α,β-unsaturated/α-hetero) is 1. The molecule has 0 bridgehead atoms. The molecule has 0 radical (unpaired) electrons. The van der Waals surface area contributed by atoms with Crippen LogP contribution in [0.4, 0.5) is 5.69 Å². The van der Waals surface area contributed by atoms with Crippen LogP contribution < -0.4 is 16.2 Å². The van der Waals surface area contributed by atoms with Crippen LogP contribution in [0.1, 0.15) is 41.3 Å². The van der Waals surface area contributed by atoms with Crippen molar-refractivity contribution in [3.8, 4) is 5.75 Å². The summed E-state index contributed by atoms with van der Waals surface area (Å²) < 4.78 is 34.4. The Morgan fingerprint density at radius 2 is 1.67 bits per heavy atom. The topological polar surface area (TPSA) is 156 Å². The van der Waals surface area contributed by atoms with Gasteiger partial charge in [-0.25, -0.2) is 4.98 Å². The summed E-state index contributed by atoms with van der Waals surface area (Å²) in [5.74, 6) is -1.31. The largest absolute Gasteiger partial charge is 0.506 e. The van der Waals surface area contributed by atoms with E-state index in [1.807, 2.05) is 36.4 Å². The molecule has 6 rings (SSSR count). The maximum absolute atomic E-state index is 14.1. The van der Waals surface area contributed by atoms with Crippen molar-refractivity contribution >= 4 is 33.2 Å². The number of aromatic nitrogens is 3. The highest BCUT2D eigenvalue weighted by Gasteiger charge is 2.40. The van der Waals surface area contributed by atoms with Gasteiger partial charge in [-0.3, -0.25) is 9.35 Å². The molecule has 3 aromatic carbocycles. The molecule has 0 saturated heterocycles. The zero-order valence-electron chi connectivity index (χ0n) is 21.2. The van der Waals surface area contributed by atoms with Gasteiger partial charge >= 0.3 is 0 Å². The molecule has 3 unspecified atom stereocenters. The van der Waals surface area contributed by atoms with Crippen LogP contribution in [0.2, 0.25) is 0 Å². The van der Waals surface area contributed by atoms with Crippen molar-refractivity contribution < 1.29 is 22.9 Å². The van der Waals surface area contributed by atoms with Crippen LogP contribution in [0, 0.1) is 16.4 Å². The summed E-state index contributed by atoms with van der Waals surface area (Å²) in [6.45, 7) is 3.50. The molecule has 4 aromatic rings. The molecule has 2 aliphatic rings. The smallest absolute Gasteiger partial charge is 0.268 e. The second-order valence-corrected chi connectivity index (χ2v) is 11.2. The van der Waals surface area contributed by atoms with Gasteiger partial charge in [0.2, 0.25) is 0 Å². The van der Waals surface area contributed by atoms with Crippen LogP contribution in [0.3, 0.4) is 0 Å². The fourth-order valence-electron chi connectivity index (χ4n) is 5.65. The van der Waals surface area contributed by atoms with Crippen molar-refractivity contribution in [2.75, 3.05) is 5.73 Å². The number of nitrogens with zero attached hydrogens (tertiary/aromatic N) is 3. The van der Waals surface area contributed by atoms with E-state index in [4.69, 9.17) is 5.73 Å². The van der Waals surface area contributed by atoms with E-state index < -0.39 is 27.2 Å². The van der Waals surface area contributed by atoms with Gasteiger partial charge < -0.3 is 10.8 Å². The summed E-state index contributed by atoms with van der Waals surface area (Å²) in [4.78, 5) is 17.7. The lowest BCUT2D eigenvalue weighted by Crippen LogP contribution is -2.40. The number of rotatable bonds is 2. The van der Waals surface area contributed by atoms with E-state index in [9.17, 15) is 22.9 Å². The number of fused-ring (bicyclic) bond motifs is 4. The Morgan fingerprint density at radius 3 is 2.26 bits per heavy atom. The average molecular weight is 543 g/mol. The number of aromatic hydroxyl groups is 1. The highest BCUT2D eigenvalue weighted by Crippen LogP contribution is 2.36. The van der Waals surface area contributed by atoms with Crippen molar-refractivity contribution in [3.05, 3.63) is 111 Å². The number of phenols is 1. The lowest BCUT2D eigenvalue weighted by Gasteiger charge is -2.32. The molecule has 198 valence electrons. The number of carbonyl (C=O) groups excluding carboxylic acids is 1. The van der Waals surface area contributed by atoms with Gasteiger partial charge in [-0.15, -0.1) is 5.10 Å². The zero-order valence-corrected chi connectivity index (χ0v) is 22.0. The highest BCUT2D eigenvalue weighted by molar-refractivity contribution is 7.86. The standard InChI is InChI=1S/C26H23NO5S.C3H3N3/c1-13-11-15-7-9-19-17-5-3-4-6-18(17)23(16-8-10-21(28)20(27)12-16)25(29)24(19)22(15)14(2)26(13)33(30,31)32;1-2-5-6-3-4-1/h3-14,26,28H,27H2,1-2H3,(H,30,31,32);1-3H. The van der Waals surface area contributed by atoms with Crippen LogP contribution in [0.15, 0.2) is 73.3 Å². The molecule has 2 aliphatic carbocycles. The number of hydrogen-bond acceptors (Lipinski definition) is 8. The van der Waals surface area contributed by atoms with E-state index in [1.165, 1.54) is 18.6 Å². The molecule has 3 atom stereocenters. The third-order valence-corrected chi connectivity index (χ3v) is 8.72. The molecular weight excluding hydrogens is 516 g/mol. The number of ketones is 1. The number of nitrogen functional groups attached to an aromatic ring is 1. The van der Waals surface area contributed by atoms with Gasteiger partial charge in [0.25, 0.3) is 10.1 Å². The van der Waals surface area contributed by atoms with Gasteiger partial charge in [0, 0.05) is 23.3 Å². The summed E-state index contributed by atoms with van der Waals surface area (Å²) in [7, 11) is -4.34. The molecule has 1 heterocycles. The molecular formula is C29H26N4O5S. The predicted molar refractivity (Wildman–Crippen MR) is 146 cm³/mol. The van der Waals surface area contributed by atoms with Gasteiger partial charge in [-0.1, -0.05) is 62.4 Å². The number of anilines is 1. The van der Waals surface area contributed by atoms with E-state index in [0.29, 0.717) is 22.3 Å². The second-order valence-electron chi connectivity index (χ2n) is 9.60. The minimum Gasteiger partial charge on any atom is -0.506 e. The number of phenolic OH excluding ortho intramolecular Hbond substituents is 1. The van der Waals surface area contributed by atoms with Crippen LogP contribution in [0.5, 0.6) is 5.75 Å². The van der Waals surface area contributed by atoms with Crippen molar-refractivity contribution in [2.24, 2.45) is 5.92 Å². The normalized spacial score (nSPS) is 19.5. The van der Waals surface area contributed by atoms with Crippen molar-refractivity contribution in [1.29, 1.82) is 0 Å². The molecule has 10 heteroatoms. The van der Waals surface area contributed by atoms with Crippen molar-refractivity contribution in [3.63, 3.8) is 0 Å². The predicted octanol–water partition coefficient (Wildman–Crippen LogP) is 2.32. The SMILES string of the molecule is CC1C=c2ccc3c(c2C(C)C1S(=O)(=O)O)C(=O)C(c1ccc(O)c(N)c1)=c1ccccc1=3.c1cnncn1. The molecule has 39 heavy (non-hydrogen) atoms. The molecule has 0 fully saturated rings. The second kappa shape index (κ2) is 10.0. The van der Waals surface area contributed by atoms with Crippen LogP contribution in [0.25, 0.3) is 11.6 Å². The average Bonchev–Trinajstić information content (AvgIpc) is 2.91. The summed E-state index contributed by atoms with van der Waals surface area (Å²) in [5, 5.41) is 18.9. The summed E-state index contributed by atoms with van der Waals surface area (Å²) in [5.41, 5.74) is 8.16. The fraction of sp³-hybridized carbons (Fsp3) is 0.172. The number of carbonyl (C=O) groups is 1. The molecule has 1 aromatic heterocycles. The van der Waals surface area contributed by atoms with Gasteiger partial charge in [0.1, 0.15) is 12.1 Å². The van der Waals surface area contributed by atoms with E-state index in [0.717, 1.165) is 20.9 Å². The Kier molecular flexibility index (Phi) is 6.75. The van der Waals surface area contributed by atoms with E-state index in [-0.39, 0.29) is 17.2 Å². The maximum Gasteiger partial charge on any atom is 0.268 e. The van der Waals surface area contributed by atoms with Crippen LogP contribution >= 0.6 is 0 Å². The summed E-state index contributed by atoms with van der Waals surface area (Å²) >= 11 is 0. The van der Waals surface area contributed by atoms with Crippen molar-refractivity contribution in [2.45, 2.75) is 25.0 Å². The Balaban J connectivity index is 0.000000455. The summed E-state index contributed by atoms with van der Waals surface area (Å²) in [6.07, 6.45) is 6.30. The van der Waals surface area contributed by atoms with E-state index in [2.05, 4.69) is 15.2 Å². The molecule has 0 saturated carbocycles. The number of hydrogen-bond donors (Lipinski definition) is 3. The first-order valence-corrected chi connectivity index (χ1v) is 13.7. The van der Waals surface area contributed by atoms with Crippen molar-refractivity contribution in [1.82, 2.24) is 15.2 Å². The monoisotopic (exact) mass is 542 g/mol. The van der Waals surface area contributed by atoms with Gasteiger partial charge in [-0.05, 0) is 50.1 Å². The first kappa shape index (κ1) is 26.2. The first-order valence-electron chi connectivity index (χ1n) is 12.2. The molecule has 0 spiro atoms. The van der Waals surface area contributed by atoms with Crippen LogP contribution in [-0.4, -0.2) is 44.3 Å². The molecule has 0 amide bonds. The number of nitrogens with two attached hydrogens (primary N) is 1. The van der Waals surface area contributed by atoms with Gasteiger partial charge in [0.05, 0.1) is 17.1 Å². The maximum atomic E-state index is 14.1. The third-order valence-electron chi connectivity index (χ3n) is 7.19. The fourth-order valence-corrected chi connectivity index (χ4v) is 6.93. The zero-order chi connectivity index (χ0) is 27.9. The number of benzene rings is 3. The van der Waals surface area contributed by atoms with Gasteiger partial charge in [-0.2, -0.15) is 13.5 Å². The van der Waals surface area contributed by atoms with Gasteiger partial charge in [0.15, 0.2) is 5.78 Å². The Bertz CT molecular complexity index is 1900. The Morgan fingerprint density at radius 1 is 0.923 bits per heavy atom. The molecule has 4 N–H and O–H groups in total. The van der Waals surface area contributed by atoms with Crippen LogP contribution in [-0.2, 0) is 10.1 Å². The Labute approximate surface area is 224 Å².